The minimum Gasteiger partial charge on any atom is -0.449 e. The van der Waals surface area contributed by atoms with Crippen LogP contribution in [-0.2, 0) is 0 Å². The Morgan fingerprint density at radius 3 is 3.23 bits per heavy atom. The molecule has 0 atom stereocenters. The molecule has 0 saturated carbocycles. The number of rotatable bonds is 0. The van der Waals surface area contributed by atoms with E-state index in [-0.39, 0.29) is 0 Å². The van der Waals surface area contributed by atoms with Crippen LogP contribution in [0.25, 0.3) is 22.6 Å². The van der Waals surface area contributed by atoms with E-state index in [1.807, 2.05) is 6.07 Å². The first kappa shape index (κ1) is 6.47. The molecule has 13 heavy (non-hydrogen) atoms. The molecule has 0 fully saturated rings. The minimum absolute atomic E-state index is 0.643. The summed E-state index contributed by atoms with van der Waals surface area (Å²) in [4.78, 5) is 7.90. The molecule has 1 aromatic rings. The lowest BCUT2D eigenvalue weighted by Crippen LogP contribution is -1.83. The second-order valence-electron chi connectivity index (χ2n) is 2.61. The lowest BCUT2D eigenvalue weighted by atomic mass is 10.3. The fraction of sp³-hybridized carbons (Fsp3) is 0. The van der Waals surface area contributed by atoms with Crippen molar-refractivity contribution in [2.45, 2.75) is 0 Å². The average Bonchev–Trinajstić information content (AvgIpc) is 2.61. The summed E-state index contributed by atoms with van der Waals surface area (Å²) < 4.78 is 5.44. The topological polar surface area (TPSA) is 64.7 Å². The van der Waals surface area contributed by atoms with E-state index in [4.69, 9.17) is 4.42 Å². The van der Waals surface area contributed by atoms with Crippen LogP contribution in [0.3, 0.4) is 0 Å². The largest absolute Gasteiger partial charge is 0.449 e. The van der Waals surface area contributed by atoms with Crippen molar-refractivity contribution < 1.29 is 4.42 Å². The first-order chi connectivity index (χ1) is 6.43. The molecule has 0 spiro atoms. The summed E-state index contributed by atoms with van der Waals surface area (Å²) in [5, 5.41) is 7.60. The maximum atomic E-state index is 5.44. The first-order valence-corrected chi connectivity index (χ1v) is 3.74. The number of hydrogen-bond donors (Lipinski definition) is 0. The molecule has 0 amide bonds. The molecule has 0 saturated heterocycles. The van der Waals surface area contributed by atoms with Gasteiger partial charge < -0.3 is 4.42 Å². The SMILES string of the molecule is c1ncc2oc3cnnc-3cc2n1. The maximum absolute atomic E-state index is 5.44. The zero-order valence-corrected chi connectivity index (χ0v) is 6.51. The monoisotopic (exact) mass is 172 g/mol. The minimum atomic E-state index is 0.643. The molecule has 0 bridgehead atoms. The molecular weight excluding hydrogens is 168 g/mol. The highest BCUT2D eigenvalue weighted by atomic mass is 16.3. The smallest absolute Gasteiger partial charge is 0.175 e. The summed E-state index contributed by atoms with van der Waals surface area (Å²) in [5.74, 6) is 0.655. The summed E-state index contributed by atoms with van der Waals surface area (Å²) in [6.45, 7) is 0. The zero-order valence-electron chi connectivity index (χ0n) is 6.51. The highest BCUT2D eigenvalue weighted by molar-refractivity contribution is 5.76. The van der Waals surface area contributed by atoms with Crippen molar-refractivity contribution in [2.24, 2.45) is 0 Å². The molecule has 1 aromatic heterocycles. The van der Waals surface area contributed by atoms with Crippen molar-refractivity contribution >= 4 is 11.1 Å². The number of aromatic nitrogens is 4. The van der Waals surface area contributed by atoms with Crippen molar-refractivity contribution in [1.82, 2.24) is 20.2 Å². The first-order valence-electron chi connectivity index (χ1n) is 3.74. The van der Waals surface area contributed by atoms with Gasteiger partial charge in [-0.3, -0.25) is 0 Å². The van der Waals surface area contributed by atoms with E-state index in [1.165, 1.54) is 6.33 Å². The van der Waals surface area contributed by atoms with Crippen LogP contribution in [0.15, 0.2) is 29.2 Å². The summed E-state index contributed by atoms with van der Waals surface area (Å²) in [6, 6.07) is 1.82. The average molecular weight is 172 g/mol. The Kier molecular flexibility index (Phi) is 1.11. The third-order valence-corrected chi connectivity index (χ3v) is 1.79. The zero-order chi connectivity index (χ0) is 8.67. The van der Waals surface area contributed by atoms with Crippen molar-refractivity contribution in [1.29, 1.82) is 0 Å². The highest BCUT2D eigenvalue weighted by Gasteiger charge is 2.09. The van der Waals surface area contributed by atoms with E-state index >= 15 is 0 Å². The van der Waals surface area contributed by atoms with Gasteiger partial charge in [-0.1, -0.05) is 0 Å². The fourth-order valence-electron chi connectivity index (χ4n) is 1.20. The normalized spacial score (nSPS) is 11.1. The number of nitrogens with zero attached hydrogens (tertiary/aromatic N) is 4. The van der Waals surface area contributed by atoms with Crippen LogP contribution in [0.2, 0.25) is 0 Å². The van der Waals surface area contributed by atoms with E-state index in [2.05, 4.69) is 20.2 Å². The highest BCUT2D eigenvalue weighted by Crippen LogP contribution is 2.23. The van der Waals surface area contributed by atoms with Crippen molar-refractivity contribution in [3.05, 3.63) is 24.8 Å². The van der Waals surface area contributed by atoms with Gasteiger partial charge in [-0.2, -0.15) is 5.10 Å². The Morgan fingerprint density at radius 1 is 1.23 bits per heavy atom. The van der Waals surface area contributed by atoms with Gasteiger partial charge in [-0.15, -0.1) is 5.10 Å². The van der Waals surface area contributed by atoms with Crippen molar-refractivity contribution in [3.8, 4) is 11.5 Å². The van der Waals surface area contributed by atoms with Crippen LogP contribution >= 0.6 is 0 Å². The Bertz CT molecular complexity index is 486. The molecule has 0 N–H and O–H groups in total. The van der Waals surface area contributed by atoms with E-state index in [0.29, 0.717) is 17.0 Å². The molecular formula is C8H4N4O. The summed E-state index contributed by atoms with van der Waals surface area (Å²) in [7, 11) is 0. The molecule has 0 aliphatic carbocycles. The quantitative estimate of drug-likeness (QED) is 0.508. The second kappa shape index (κ2) is 2.22. The van der Waals surface area contributed by atoms with Gasteiger partial charge >= 0.3 is 0 Å². The molecule has 5 heteroatoms. The van der Waals surface area contributed by atoms with Crippen LogP contribution in [0.1, 0.15) is 0 Å². The Balaban J connectivity index is 2.52. The van der Waals surface area contributed by atoms with Gasteiger partial charge in [0.05, 0.1) is 12.4 Å². The van der Waals surface area contributed by atoms with Gasteiger partial charge in [0.1, 0.15) is 17.5 Å². The van der Waals surface area contributed by atoms with Crippen molar-refractivity contribution in [2.75, 3.05) is 0 Å². The lowest BCUT2D eigenvalue weighted by molar-refractivity contribution is 0.616. The predicted octanol–water partition coefficient (Wildman–Crippen LogP) is 1.12. The van der Waals surface area contributed by atoms with Crippen LogP contribution in [0.5, 0.6) is 0 Å². The number of hydrogen-bond acceptors (Lipinski definition) is 5. The van der Waals surface area contributed by atoms with Gasteiger partial charge in [-0.25, -0.2) is 9.97 Å². The third kappa shape index (κ3) is 0.868. The van der Waals surface area contributed by atoms with Gasteiger partial charge in [0, 0.05) is 0 Å². The molecule has 0 aromatic carbocycles. The molecule has 0 unspecified atom stereocenters. The standard InChI is InChI=1S/C8H4N4O/c1-5-7(2-9-4-10-5)13-8-3-11-12-6(1)8/h1-4H. The molecule has 3 rings (SSSR count). The lowest BCUT2D eigenvalue weighted by Gasteiger charge is -1.97. The molecule has 2 aliphatic rings. The van der Waals surface area contributed by atoms with E-state index in [0.717, 1.165) is 5.52 Å². The van der Waals surface area contributed by atoms with Gasteiger partial charge in [-0.05, 0) is 6.07 Å². The van der Waals surface area contributed by atoms with Crippen LogP contribution in [0, 0.1) is 0 Å². The predicted molar refractivity (Wildman–Crippen MR) is 44.0 cm³/mol. The molecule has 2 aliphatic heterocycles. The van der Waals surface area contributed by atoms with Crippen LogP contribution in [-0.4, -0.2) is 20.2 Å². The number of fused-ring (bicyclic) bond motifs is 2. The van der Waals surface area contributed by atoms with E-state index in [9.17, 15) is 0 Å². The summed E-state index contributed by atoms with van der Waals surface area (Å²) in [6.07, 6.45) is 4.66. The van der Waals surface area contributed by atoms with Gasteiger partial charge in [0.15, 0.2) is 11.3 Å². The fourth-order valence-corrected chi connectivity index (χ4v) is 1.20. The van der Waals surface area contributed by atoms with E-state index in [1.54, 1.807) is 12.4 Å². The molecule has 3 heterocycles. The van der Waals surface area contributed by atoms with Crippen LogP contribution in [0.4, 0.5) is 0 Å². The Morgan fingerprint density at radius 2 is 2.23 bits per heavy atom. The van der Waals surface area contributed by atoms with Gasteiger partial charge in [0.25, 0.3) is 0 Å². The van der Waals surface area contributed by atoms with E-state index < -0.39 is 0 Å². The van der Waals surface area contributed by atoms with Gasteiger partial charge in [0.2, 0.25) is 0 Å². The van der Waals surface area contributed by atoms with Crippen molar-refractivity contribution in [3.63, 3.8) is 0 Å². The Labute approximate surface area is 72.8 Å². The molecule has 62 valence electrons. The second-order valence-corrected chi connectivity index (χ2v) is 2.61. The maximum Gasteiger partial charge on any atom is 0.175 e. The van der Waals surface area contributed by atoms with Crippen LogP contribution < -0.4 is 0 Å². The third-order valence-electron chi connectivity index (χ3n) is 1.79. The molecule has 0 radical (unpaired) electrons. The summed E-state index contributed by atoms with van der Waals surface area (Å²) >= 11 is 0. The summed E-state index contributed by atoms with van der Waals surface area (Å²) in [5.41, 5.74) is 2.10. The molecule has 5 nitrogen and oxygen atoms in total. The Hall–Kier alpha value is -2.04.